The lowest BCUT2D eigenvalue weighted by molar-refractivity contribution is -0.384. The summed E-state index contributed by atoms with van der Waals surface area (Å²) in [6.07, 6.45) is 3.45. The highest BCUT2D eigenvalue weighted by atomic mass is 35.5. The van der Waals surface area contributed by atoms with Crippen LogP contribution in [0.15, 0.2) is 47.4 Å². The van der Waals surface area contributed by atoms with E-state index in [-0.39, 0.29) is 16.6 Å². The molecule has 0 fully saturated rings. The first-order valence-corrected chi connectivity index (χ1v) is 7.53. The molecule has 0 saturated heterocycles. The second-order valence-electron chi connectivity index (χ2n) is 4.55. The van der Waals surface area contributed by atoms with Gasteiger partial charge in [0.2, 0.25) is 0 Å². The number of carbonyl (C=O) groups excluding carboxylic acids is 1. The zero-order valence-electron chi connectivity index (χ0n) is 11.1. The van der Waals surface area contributed by atoms with Crippen LogP contribution in [0.5, 0.6) is 0 Å². The highest BCUT2D eigenvalue weighted by molar-refractivity contribution is 7.10. The van der Waals surface area contributed by atoms with Crippen molar-refractivity contribution in [3.05, 3.63) is 72.9 Å². The number of nitrogens with one attached hydrogen (secondary N) is 1. The molecule has 0 atom stereocenters. The van der Waals surface area contributed by atoms with Gasteiger partial charge in [-0.15, -0.1) is 11.3 Å². The van der Waals surface area contributed by atoms with Crippen LogP contribution in [0.1, 0.15) is 10.4 Å². The molecule has 0 aliphatic carbocycles. The number of hydrogen-bond acceptors (Lipinski definition) is 4. The number of thiophene rings is 1. The summed E-state index contributed by atoms with van der Waals surface area (Å²) in [5.41, 5.74) is 1.38. The van der Waals surface area contributed by atoms with Crippen molar-refractivity contribution in [2.24, 2.45) is 0 Å². The van der Waals surface area contributed by atoms with Gasteiger partial charge in [0.1, 0.15) is 5.02 Å². The molecule has 0 bridgehead atoms. The molecule has 110 valence electrons. The van der Waals surface area contributed by atoms with E-state index in [0.29, 0.717) is 16.8 Å². The topological polar surface area (TPSA) is 72.2 Å². The lowest BCUT2D eigenvalue weighted by Crippen LogP contribution is -2.15. The maximum atomic E-state index is 12.0. The van der Waals surface area contributed by atoms with Gasteiger partial charge in [-0.2, -0.15) is 0 Å². The first-order chi connectivity index (χ1) is 10.5. The van der Waals surface area contributed by atoms with E-state index in [1.54, 1.807) is 18.2 Å². The molecule has 0 spiro atoms. The molecule has 1 amide bonds. The molecule has 0 radical (unpaired) electrons. The SMILES string of the molecule is O=C1NC(c2ccc(Cl)c([N+](=O)[O-])c2)=CC1=Cc1cccs1. The molecule has 1 aliphatic rings. The van der Waals surface area contributed by atoms with E-state index in [2.05, 4.69) is 5.32 Å². The zero-order chi connectivity index (χ0) is 15.7. The van der Waals surface area contributed by atoms with Gasteiger partial charge in [0, 0.05) is 27.8 Å². The van der Waals surface area contributed by atoms with Crippen molar-refractivity contribution < 1.29 is 9.72 Å². The first-order valence-electron chi connectivity index (χ1n) is 6.27. The zero-order valence-corrected chi connectivity index (χ0v) is 12.6. The summed E-state index contributed by atoms with van der Waals surface area (Å²) in [5.74, 6) is -0.235. The van der Waals surface area contributed by atoms with Gasteiger partial charge < -0.3 is 5.32 Å². The Morgan fingerprint density at radius 2 is 2.14 bits per heavy atom. The minimum atomic E-state index is -0.550. The van der Waals surface area contributed by atoms with Crippen LogP contribution in [0, 0.1) is 10.1 Å². The summed E-state index contributed by atoms with van der Waals surface area (Å²) >= 11 is 7.32. The highest BCUT2D eigenvalue weighted by Crippen LogP contribution is 2.30. The quantitative estimate of drug-likeness (QED) is 0.527. The van der Waals surface area contributed by atoms with Crippen LogP contribution in [0.25, 0.3) is 11.8 Å². The summed E-state index contributed by atoms with van der Waals surface area (Å²) in [4.78, 5) is 23.3. The molecule has 0 saturated carbocycles. The van der Waals surface area contributed by atoms with Crippen molar-refractivity contribution >= 4 is 46.3 Å². The van der Waals surface area contributed by atoms with E-state index >= 15 is 0 Å². The van der Waals surface area contributed by atoms with Crippen molar-refractivity contribution in [2.75, 3.05) is 0 Å². The summed E-state index contributed by atoms with van der Waals surface area (Å²) in [7, 11) is 0. The van der Waals surface area contributed by atoms with E-state index in [0.717, 1.165) is 4.88 Å². The Morgan fingerprint density at radius 3 is 2.82 bits per heavy atom. The number of benzene rings is 1. The van der Waals surface area contributed by atoms with Crippen molar-refractivity contribution in [1.82, 2.24) is 5.32 Å². The van der Waals surface area contributed by atoms with Crippen molar-refractivity contribution in [1.29, 1.82) is 0 Å². The van der Waals surface area contributed by atoms with Crippen molar-refractivity contribution in [2.45, 2.75) is 0 Å². The molecule has 7 heteroatoms. The fraction of sp³-hybridized carbons (Fsp3) is 0. The van der Waals surface area contributed by atoms with Crippen LogP contribution in [0.3, 0.4) is 0 Å². The number of nitro groups is 1. The molecule has 0 unspecified atom stereocenters. The van der Waals surface area contributed by atoms with E-state index in [1.165, 1.54) is 23.5 Å². The van der Waals surface area contributed by atoms with Crippen LogP contribution in [0.4, 0.5) is 5.69 Å². The number of rotatable bonds is 3. The van der Waals surface area contributed by atoms with Gasteiger partial charge in [0.25, 0.3) is 11.6 Å². The summed E-state index contributed by atoms with van der Waals surface area (Å²) in [5, 5.41) is 15.6. The Hall–Kier alpha value is -2.44. The third kappa shape index (κ3) is 2.79. The van der Waals surface area contributed by atoms with Crippen LogP contribution >= 0.6 is 22.9 Å². The van der Waals surface area contributed by atoms with E-state index < -0.39 is 4.92 Å². The van der Waals surface area contributed by atoms with Gasteiger partial charge >= 0.3 is 0 Å². The normalized spacial score (nSPS) is 15.8. The van der Waals surface area contributed by atoms with Crippen molar-refractivity contribution in [3.63, 3.8) is 0 Å². The van der Waals surface area contributed by atoms with E-state index in [4.69, 9.17) is 11.6 Å². The van der Waals surface area contributed by atoms with Gasteiger partial charge in [-0.3, -0.25) is 14.9 Å². The molecule has 2 heterocycles. The first kappa shape index (κ1) is 14.5. The molecule has 1 aromatic heterocycles. The second-order valence-corrected chi connectivity index (χ2v) is 5.94. The Morgan fingerprint density at radius 1 is 1.32 bits per heavy atom. The number of nitrogens with zero attached hydrogens (tertiary/aromatic N) is 1. The number of amides is 1. The smallest absolute Gasteiger partial charge is 0.288 e. The largest absolute Gasteiger partial charge is 0.321 e. The van der Waals surface area contributed by atoms with Gasteiger partial charge in [-0.1, -0.05) is 23.7 Å². The van der Waals surface area contributed by atoms with Crippen molar-refractivity contribution in [3.8, 4) is 0 Å². The molecule has 1 aliphatic heterocycles. The number of carbonyl (C=O) groups is 1. The van der Waals surface area contributed by atoms with Gasteiger partial charge in [-0.05, 0) is 29.7 Å². The molecule has 1 aromatic carbocycles. The number of nitro benzene ring substituents is 1. The third-order valence-electron chi connectivity index (χ3n) is 3.11. The number of hydrogen-bond donors (Lipinski definition) is 1. The van der Waals surface area contributed by atoms with Crippen LogP contribution in [-0.4, -0.2) is 10.8 Å². The molecular weight excluding hydrogens is 324 g/mol. The predicted molar refractivity (Wildman–Crippen MR) is 86.5 cm³/mol. The van der Waals surface area contributed by atoms with Crippen LogP contribution < -0.4 is 5.32 Å². The molecule has 3 rings (SSSR count). The fourth-order valence-electron chi connectivity index (χ4n) is 2.06. The van der Waals surface area contributed by atoms with Gasteiger partial charge in [0.05, 0.1) is 4.92 Å². The maximum absolute atomic E-state index is 12.0. The highest BCUT2D eigenvalue weighted by Gasteiger charge is 2.21. The average molecular weight is 333 g/mol. The van der Waals surface area contributed by atoms with Gasteiger partial charge in [-0.25, -0.2) is 0 Å². The summed E-state index contributed by atoms with van der Waals surface area (Å²) in [6, 6.07) is 8.24. The molecule has 5 nitrogen and oxygen atoms in total. The minimum Gasteiger partial charge on any atom is -0.321 e. The molecule has 2 aromatic rings. The Balaban J connectivity index is 1.98. The Labute approximate surface area is 134 Å². The lowest BCUT2D eigenvalue weighted by atomic mass is 10.1. The monoisotopic (exact) mass is 332 g/mol. The maximum Gasteiger partial charge on any atom is 0.288 e. The lowest BCUT2D eigenvalue weighted by Gasteiger charge is -2.03. The Bertz CT molecular complexity index is 825. The second kappa shape index (κ2) is 5.75. The number of halogens is 1. The molecule has 22 heavy (non-hydrogen) atoms. The predicted octanol–water partition coefficient (Wildman–Crippen LogP) is 3.86. The van der Waals surface area contributed by atoms with Gasteiger partial charge in [0.15, 0.2) is 0 Å². The van der Waals surface area contributed by atoms with Crippen LogP contribution in [0.2, 0.25) is 5.02 Å². The minimum absolute atomic E-state index is 0.0630. The average Bonchev–Trinajstić information content (AvgIpc) is 3.10. The molecule has 1 N–H and O–H groups in total. The van der Waals surface area contributed by atoms with E-state index in [1.807, 2.05) is 17.5 Å². The molecular formula is C15H9ClN2O3S. The van der Waals surface area contributed by atoms with Crippen LogP contribution in [-0.2, 0) is 4.79 Å². The van der Waals surface area contributed by atoms with E-state index in [9.17, 15) is 14.9 Å². The Kier molecular flexibility index (Phi) is 3.79. The standard InChI is InChI=1S/C15H9ClN2O3S/c16-12-4-3-9(8-14(12)18(20)21)13-7-10(15(19)17-13)6-11-2-1-5-22-11/h1-8H,(H,17,19). The summed E-state index contributed by atoms with van der Waals surface area (Å²) in [6.45, 7) is 0. The summed E-state index contributed by atoms with van der Waals surface area (Å²) < 4.78 is 0. The fourth-order valence-corrected chi connectivity index (χ4v) is 2.91. The third-order valence-corrected chi connectivity index (χ3v) is 4.24.